The summed E-state index contributed by atoms with van der Waals surface area (Å²) in [6.45, 7) is 3.76. The first-order valence-electron chi connectivity index (χ1n) is 7.00. The highest BCUT2D eigenvalue weighted by Gasteiger charge is 2.17. The van der Waals surface area contributed by atoms with Gasteiger partial charge in [0.05, 0.1) is 6.61 Å². The molecule has 0 bridgehead atoms. The van der Waals surface area contributed by atoms with Crippen molar-refractivity contribution in [3.05, 3.63) is 24.3 Å². The maximum atomic E-state index is 5.92. The molecule has 0 saturated heterocycles. The Kier molecular flexibility index (Phi) is 4.88. The van der Waals surface area contributed by atoms with Crippen molar-refractivity contribution < 1.29 is 4.74 Å². The number of nitrogens with one attached hydrogen (secondary N) is 1. The SMILES string of the molecule is CCOc1cccc(NCC2CCC(N)CC2)c1. The van der Waals surface area contributed by atoms with E-state index < -0.39 is 0 Å². The number of hydrogen-bond donors (Lipinski definition) is 2. The minimum Gasteiger partial charge on any atom is -0.494 e. The van der Waals surface area contributed by atoms with Crippen molar-refractivity contribution in [3.63, 3.8) is 0 Å². The largest absolute Gasteiger partial charge is 0.494 e. The van der Waals surface area contributed by atoms with Crippen LogP contribution in [0.2, 0.25) is 0 Å². The van der Waals surface area contributed by atoms with Crippen molar-refractivity contribution in [2.75, 3.05) is 18.5 Å². The Bertz CT molecular complexity index is 359. The average Bonchev–Trinajstić information content (AvgIpc) is 2.39. The average molecular weight is 248 g/mol. The second kappa shape index (κ2) is 6.64. The van der Waals surface area contributed by atoms with Crippen LogP contribution in [0.4, 0.5) is 5.69 Å². The highest BCUT2D eigenvalue weighted by atomic mass is 16.5. The van der Waals surface area contributed by atoms with E-state index in [9.17, 15) is 0 Å². The molecule has 2 rings (SSSR count). The number of nitrogens with two attached hydrogens (primary N) is 1. The fourth-order valence-corrected chi connectivity index (χ4v) is 2.52. The molecule has 1 fully saturated rings. The van der Waals surface area contributed by atoms with Crippen LogP contribution in [-0.2, 0) is 0 Å². The number of anilines is 1. The molecule has 1 aliphatic rings. The van der Waals surface area contributed by atoms with Gasteiger partial charge < -0.3 is 15.8 Å². The van der Waals surface area contributed by atoms with Gasteiger partial charge in [-0.2, -0.15) is 0 Å². The summed E-state index contributed by atoms with van der Waals surface area (Å²) < 4.78 is 5.50. The molecule has 1 aromatic carbocycles. The Hall–Kier alpha value is -1.22. The van der Waals surface area contributed by atoms with Crippen molar-refractivity contribution >= 4 is 5.69 Å². The molecule has 18 heavy (non-hydrogen) atoms. The molecular formula is C15H24N2O. The quantitative estimate of drug-likeness (QED) is 0.842. The van der Waals surface area contributed by atoms with Crippen molar-refractivity contribution in [1.29, 1.82) is 0 Å². The number of rotatable bonds is 5. The fraction of sp³-hybridized carbons (Fsp3) is 0.600. The van der Waals surface area contributed by atoms with Gasteiger partial charge in [0.2, 0.25) is 0 Å². The lowest BCUT2D eigenvalue weighted by Crippen LogP contribution is -2.29. The molecule has 1 saturated carbocycles. The van der Waals surface area contributed by atoms with Gasteiger partial charge in [0.1, 0.15) is 5.75 Å². The van der Waals surface area contributed by atoms with E-state index >= 15 is 0 Å². The molecular weight excluding hydrogens is 224 g/mol. The van der Waals surface area contributed by atoms with Gasteiger partial charge >= 0.3 is 0 Å². The molecule has 0 radical (unpaired) electrons. The van der Waals surface area contributed by atoms with Crippen molar-refractivity contribution in [3.8, 4) is 5.75 Å². The third-order valence-electron chi connectivity index (χ3n) is 3.63. The summed E-state index contributed by atoms with van der Waals surface area (Å²) >= 11 is 0. The van der Waals surface area contributed by atoms with E-state index in [4.69, 9.17) is 10.5 Å². The van der Waals surface area contributed by atoms with E-state index in [-0.39, 0.29) is 0 Å². The molecule has 0 spiro atoms. The minimum absolute atomic E-state index is 0.433. The van der Waals surface area contributed by atoms with Crippen LogP contribution in [0.15, 0.2) is 24.3 Å². The molecule has 0 aliphatic heterocycles. The predicted molar refractivity (Wildman–Crippen MR) is 76.0 cm³/mol. The van der Waals surface area contributed by atoms with E-state index in [1.807, 2.05) is 19.1 Å². The zero-order valence-electron chi connectivity index (χ0n) is 11.2. The summed E-state index contributed by atoms with van der Waals surface area (Å²) in [7, 11) is 0. The van der Waals surface area contributed by atoms with E-state index in [0.29, 0.717) is 12.6 Å². The lowest BCUT2D eigenvalue weighted by molar-refractivity contribution is 0.337. The molecule has 3 heteroatoms. The van der Waals surface area contributed by atoms with Crippen LogP contribution in [0.1, 0.15) is 32.6 Å². The number of ether oxygens (including phenoxy) is 1. The van der Waals surface area contributed by atoms with Crippen molar-refractivity contribution in [2.45, 2.75) is 38.6 Å². The lowest BCUT2D eigenvalue weighted by atomic mass is 9.86. The number of hydrogen-bond acceptors (Lipinski definition) is 3. The van der Waals surface area contributed by atoms with Crippen LogP contribution in [-0.4, -0.2) is 19.2 Å². The minimum atomic E-state index is 0.433. The molecule has 0 unspecified atom stereocenters. The fourth-order valence-electron chi connectivity index (χ4n) is 2.52. The Morgan fingerprint density at radius 2 is 2.06 bits per heavy atom. The predicted octanol–water partition coefficient (Wildman–Crippen LogP) is 3.01. The van der Waals surface area contributed by atoms with Gasteiger partial charge in [0.25, 0.3) is 0 Å². The molecule has 0 aromatic heterocycles. The second-order valence-electron chi connectivity index (χ2n) is 5.12. The van der Waals surface area contributed by atoms with Crippen LogP contribution in [0.25, 0.3) is 0 Å². The molecule has 1 aliphatic carbocycles. The Morgan fingerprint density at radius 1 is 1.28 bits per heavy atom. The highest BCUT2D eigenvalue weighted by molar-refractivity contribution is 5.48. The summed E-state index contributed by atoms with van der Waals surface area (Å²) in [5.74, 6) is 1.70. The van der Waals surface area contributed by atoms with Crippen LogP contribution in [0, 0.1) is 5.92 Å². The summed E-state index contributed by atoms with van der Waals surface area (Å²) in [6.07, 6.45) is 4.84. The monoisotopic (exact) mass is 248 g/mol. The summed E-state index contributed by atoms with van der Waals surface area (Å²) in [5, 5.41) is 3.51. The lowest BCUT2D eigenvalue weighted by Gasteiger charge is -2.26. The third kappa shape index (κ3) is 3.91. The second-order valence-corrected chi connectivity index (χ2v) is 5.12. The van der Waals surface area contributed by atoms with Gasteiger partial charge in [-0.1, -0.05) is 6.07 Å². The highest BCUT2D eigenvalue weighted by Crippen LogP contribution is 2.24. The first-order chi connectivity index (χ1) is 8.78. The zero-order valence-corrected chi connectivity index (χ0v) is 11.2. The van der Waals surface area contributed by atoms with Crippen molar-refractivity contribution in [1.82, 2.24) is 0 Å². The van der Waals surface area contributed by atoms with Gasteiger partial charge in [-0.15, -0.1) is 0 Å². The van der Waals surface area contributed by atoms with Crippen molar-refractivity contribution in [2.24, 2.45) is 11.7 Å². The molecule has 100 valence electrons. The summed E-state index contributed by atoms with van der Waals surface area (Å²) in [6, 6.07) is 8.62. The van der Waals surface area contributed by atoms with Crippen LogP contribution >= 0.6 is 0 Å². The van der Waals surface area contributed by atoms with Crippen LogP contribution in [0.5, 0.6) is 5.75 Å². The van der Waals surface area contributed by atoms with E-state index in [1.165, 1.54) is 25.7 Å². The molecule has 0 amide bonds. The van der Waals surface area contributed by atoms with Gasteiger partial charge in [-0.25, -0.2) is 0 Å². The standard InChI is InChI=1S/C15H24N2O/c1-2-18-15-5-3-4-14(10-15)17-11-12-6-8-13(16)9-7-12/h3-5,10,12-13,17H,2,6-9,11,16H2,1H3. The maximum absolute atomic E-state index is 5.92. The number of benzene rings is 1. The maximum Gasteiger partial charge on any atom is 0.121 e. The van der Waals surface area contributed by atoms with Gasteiger partial charge in [-0.05, 0) is 50.7 Å². The zero-order chi connectivity index (χ0) is 12.8. The topological polar surface area (TPSA) is 47.3 Å². The van der Waals surface area contributed by atoms with Crippen LogP contribution < -0.4 is 15.8 Å². The van der Waals surface area contributed by atoms with E-state index in [0.717, 1.165) is 23.9 Å². The Labute approximate surface area is 110 Å². The summed E-state index contributed by atoms with van der Waals surface area (Å²) in [4.78, 5) is 0. The third-order valence-corrected chi connectivity index (χ3v) is 3.63. The van der Waals surface area contributed by atoms with E-state index in [2.05, 4.69) is 17.4 Å². The van der Waals surface area contributed by atoms with E-state index in [1.54, 1.807) is 0 Å². The Balaban J connectivity index is 1.80. The van der Waals surface area contributed by atoms with Crippen LogP contribution in [0.3, 0.4) is 0 Å². The summed E-state index contributed by atoms with van der Waals surface area (Å²) in [5.41, 5.74) is 7.07. The molecule has 0 atom stereocenters. The Morgan fingerprint density at radius 3 is 2.78 bits per heavy atom. The van der Waals surface area contributed by atoms with Gasteiger partial charge in [-0.3, -0.25) is 0 Å². The normalized spacial score (nSPS) is 23.7. The molecule has 1 aromatic rings. The molecule has 3 nitrogen and oxygen atoms in total. The first kappa shape index (κ1) is 13.2. The molecule has 3 N–H and O–H groups in total. The van der Waals surface area contributed by atoms with Gasteiger partial charge in [0.15, 0.2) is 0 Å². The first-order valence-corrected chi connectivity index (χ1v) is 7.00. The smallest absolute Gasteiger partial charge is 0.121 e. The van der Waals surface area contributed by atoms with Gasteiger partial charge in [0, 0.05) is 24.3 Å². The molecule has 0 heterocycles.